The Labute approximate surface area is 131 Å². The molecule has 6 nitrogen and oxygen atoms in total. The highest BCUT2D eigenvalue weighted by Gasteiger charge is 2.08. The molecule has 0 radical (unpaired) electrons. The number of aliphatic imine (C=N–C) groups is 1. The maximum Gasteiger partial charge on any atom is 0.211 e. The van der Waals surface area contributed by atoms with Crippen LogP contribution in [-0.2, 0) is 16.6 Å². The van der Waals surface area contributed by atoms with E-state index in [0.29, 0.717) is 25.6 Å². The number of rotatable bonds is 7. The zero-order valence-electron chi connectivity index (χ0n) is 13.1. The van der Waals surface area contributed by atoms with Crippen LogP contribution in [0.3, 0.4) is 0 Å². The second kappa shape index (κ2) is 8.70. The third kappa shape index (κ3) is 6.40. The van der Waals surface area contributed by atoms with Crippen LogP contribution in [0.15, 0.2) is 29.3 Å². The summed E-state index contributed by atoms with van der Waals surface area (Å²) in [5, 5.41) is 3.07. The third-order valence-electron chi connectivity index (χ3n) is 3.02. The van der Waals surface area contributed by atoms with Gasteiger partial charge in [0, 0.05) is 33.7 Å². The summed E-state index contributed by atoms with van der Waals surface area (Å²) >= 11 is 0. The van der Waals surface area contributed by atoms with Crippen LogP contribution in [0, 0.1) is 5.82 Å². The van der Waals surface area contributed by atoms with Crippen molar-refractivity contribution in [3.05, 3.63) is 35.6 Å². The summed E-state index contributed by atoms with van der Waals surface area (Å²) in [4.78, 5) is 6.01. The number of guanidine groups is 1. The standard InChI is InChI=1S/C14H23FN4O2S/c1-4-22(20,21)18-10-9-17-14(16-2)19(3)11-12-5-7-13(15)8-6-12/h5-8,18H,4,9-11H2,1-3H3,(H,16,17). The van der Waals surface area contributed by atoms with Crippen LogP contribution in [0.4, 0.5) is 4.39 Å². The first kappa shape index (κ1) is 18.4. The molecule has 2 N–H and O–H groups in total. The summed E-state index contributed by atoms with van der Waals surface area (Å²) in [5.74, 6) is 0.434. The molecular formula is C14H23FN4O2S. The zero-order chi connectivity index (χ0) is 16.6. The second-order valence-corrected chi connectivity index (χ2v) is 6.85. The van der Waals surface area contributed by atoms with E-state index < -0.39 is 10.0 Å². The Balaban J connectivity index is 2.45. The van der Waals surface area contributed by atoms with Gasteiger partial charge in [0.2, 0.25) is 10.0 Å². The van der Waals surface area contributed by atoms with Gasteiger partial charge in [-0.2, -0.15) is 0 Å². The van der Waals surface area contributed by atoms with Crippen molar-refractivity contribution >= 4 is 16.0 Å². The molecule has 0 aliphatic carbocycles. The minimum absolute atomic E-state index is 0.0617. The smallest absolute Gasteiger partial charge is 0.211 e. The molecular weight excluding hydrogens is 307 g/mol. The molecule has 0 saturated carbocycles. The third-order valence-corrected chi connectivity index (χ3v) is 4.42. The minimum Gasteiger partial charge on any atom is -0.355 e. The molecule has 124 valence electrons. The van der Waals surface area contributed by atoms with Gasteiger partial charge in [-0.15, -0.1) is 0 Å². The topological polar surface area (TPSA) is 73.8 Å². The van der Waals surface area contributed by atoms with E-state index in [4.69, 9.17) is 0 Å². The Morgan fingerprint density at radius 2 is 1.91 bits per heavy atom. The Morgan fingerprint density at radius 3 is 2.45 bits per heavy atom. The molecule has 0 spiro atoms. The van der Waals surface area contributed by atoms with Crippen LogP contribution in [0.2, 0.25) is 0 Å². The lowest BCUT2D eigenvalue weighted by atomic mass is 10.2. The molecule has 22 heavy (non-hydrogen) atoms. The SMILES string of the molecule is CCS(=O)(=O)NCCNC(=NC)N(C)Cc1ccc(F)cc1. The number of nitrogens with zero attached hydrogens (tertiary/aromatic N) is 2. The molecule has 0 atom stereocenters. The van der Waals surface area contributed by atoms with Crippen LogP contribution < -0.4 is 10.0 Å². The van der Waals surface area contributed by atoms with E-state index in [1.165, 1.54) is 12.1 Å². The summed E-state index contributed by atoms with van der Waals surface area (Å²) in [5.41, 5.74) is 0.957. The highest BCUT2D eigenvalue weighted by atomic mass is 32.2. The first-order chi connectivity index (χ1) is 10.4. The van der Waals surface area contributed by atoms with Gasteiger partial charge in [0.25, 0.3) is 0 Å². The number of hydrogen-bond acceptors (Lipinski definition) is 3. The number of nitrogens with one attached hydrogen (secondary N) is 2. The maximum absolute atomic E-state index is 12.9. The molecule has 0 aliphatic rings. The van der Waals surface area contributed by atoms with E-state index in [9.17, 15) is 12.8 Å². The molecule has 1 rings (SSSR count). The van der Waals surface area contributed by atoms with Gasteiger partial charge in [-0.3, -0.25) is 4.99 Å². The molecule has 0 unspecified atom stereocenters. The van der Waals surface area contributed by atoms with Crippen LogP contribution in [-0.4, -0.2) is 52.2 Å². The second-order valence-electron chi connectivity index (χ2n) is 4.75. The average molecular weight is 330 g/mol. The molecule has 1 aromatic rings. The van der Waals surface area contributed by atoms with Crippen molar-refractivity contribution in [1.82, 2.24) is 14.9 Å². The van der Waals surface area contributed by atoms with Gasteiger partial charge in [0.05, 0.1) is 5.75 Å². The summed E-state index contributed by atoms with van der Waals surface area (Å²) in [7, 11) is 0.333. The van der Waals surface area contributed by atoms with Crippen LogP contribution in [0.1, 0.15) is 12.5 Å². The van der Waals surface area contributed by atoms with E-state index in [0.717, 1.165) is 5.56 Å². The summed E-state index contributed by atoms with van der Waals surface area (Å²) in [6.45, 7) is 2.88. The van der Waals surface area contributed by atoms with Crippen molar-refractivity contribution in [2.45, 2.75) is 13.5 Å². The molecule has 0 aliphatic heterocycles. The first-order valence-electron chi connectivity index (χ1n) is 7.01. The van der Waals surface area contributed by atoms with Gasteiger partial charge in [-0.1, -0.05) is 12.1 Å². The lowest BCUT2D eigenvalue weighted by Gasteiger charge is -2.22. The number of sulfonamides is 1. The van der Waals surface area contributed by atoms with E-state index in [-0.39, 0.29) is 11.6 Å². The maximum atomic E-state index is 12.9. The van der Waals surface area contributed by atoms with Gasteiger partial charge in [0.1, 0.15) is 5.82 Å². The van der Waals surface area contributed by atoms with Gasteiger partial charge in [0.15, 0.2) is 5.96 Å². The van der Waals surface area contributed by atoms with Crippen molar-refractivity contribution in [3.8, 4) is 0 Å². The molecule has 0 bridgehead atoms. The highest BCUT2D eigenvalue weighted by molar-refractivity contribution is 7.89. The molecule has 0 amide bonds. The van der Waals surface area contributed by atoms with E-state index in [1.807, 2.05) is 11.9 Å². The molecule has 0 saturated heterocycles. The summed E-state index contributed by atoms with van der Waals surface area (Å²) < 4.78 is 38.0. The van der Waals surface area contributed by atoms with E-state index in [2.05, 4.69) is 15.0 Å². The molecule has 1 aromatic carbocycles. The van der Waals surface area contributed by atoms with E-state index >= 15 is 0 Å². The van der Waals surface area contributed by atoms with Crippen LogP contribution in [0.5, 0.6) is 0 Å². The Kier molecular flexibility index (Phi) is 7.26. The fraction of sp³-hybridized carbons (Fsp3) is 0.500. The number of halogens is 1. The fourth-order valence-corrected chi connectivity index (χ4v) is 2.42. The molecule has 0 heterocycles. The van der Waals surface area contributed by atoms with Gasteiger partial charge >= 0.3 is 0 Å². The van der Waals surface area contributed by atoms with Crippen LogP contribution in [0.25, 0.3) is 0 Å². The molecule has 0 aromatic heterocycles. The van der Waals surface area contributed by atoms with Crippen molar-refractivity contribution < 1.29 is 12.8 Å². The predicted octanol–water partition coefficient (Wildman–Crippen LogP) is 0.772. The largest absolute Gasteiger partial charge is 0.355 e. The normalized spacial score (nSPS) is 12.3. The zero-order valence-corrected chi connectivity index (χ0v) is 14.0. The van der Waals surface area contributed by atoms with Gasteiger partial charge < -0.3 is 10.2 Å². The minimum atomic E-state index is -3.18. The van der Waals surface area contributed by atoms with Crippen molar-refractivity contribution in [2.75, 3.05) is 32.9 Å². The quantitative estimate of drug-likeness (QED) is 0.440. The first-order valence-corrected chi connectivity index (χ1v) is 8.66. The number of benzene rings is 1. The van der Waals surface area contributed by atoms with Gasteiger partial charge in [-0.05, 0) is 24.6 Å². The molecule has 0 fully saturated rings. The average Bonchev–Trinajstić information content (AvgIpc) is 2.49. The predicted molar refractivity (Wildman–Crippen MR) is 86.7 cm³/mol. The monoisotopic (exact) mass is 330 g/mol. The summed E-state index contributed by atoms with van der Waals surface area (Å²) in [6.07, 6.45) is 0. The van der Waals surface area contributed by atoms with Crippen molar-refractivity contribution in [3.63, 3.8) is 0 Å². The number of hydrogen-bond donors (Lipinski definition) is 2. The van der Waals surface area contributed by atoms with Crippen molar-refractivity contribution in [1.29, 1.82) is 0 Å². The Bertz CT molecular complexity index is 587. The Morgan fingerprint density at radius 1 is 1.27 bits per heavy atom. The molecule has 8 heteroatoms. The van der Waals surface area contributed by atoms with Crippen LogP contribution >= 0.6 is 0 Å². The van der Waals surface area contributed by atoms with E-state index in [1.54, 1.807) is 26.1 Å². The lowest BCUT2D eigenvalue weighted by molar-refractivity contribution is 0.476. The summed E-state index contributed by atoms with van der Waals surface area (Å²) in [6, 6.07) is 6.26. The van der Waals surface area contributed by atoms with Crippen molar-refractivity contribution in [2.24, 2.45) is 4.99 Å². The Hall–Kier alpha value is -1.67. The van der Waals surface area contributed by atoms with Gasteiger partial charge in [-0.25, -0.2) is 17.5 Å². The lowest BCUT2D eigenvalue weighted by Crippen LogP contribution is -2.42. The fourth-order valence-electron chi connectivity index (χ4n) is 1.81. The highest BCUT2D eigenvalue weighted by Crippen LogP contribution is 2.05.